The van der Waals surface area contributed by atoms with Gasteiger partial charge in [0, 0.05) is 12.3 Å². The summed E-state index contributed by atoms with van der Waals surface area (Å²) in [4.78, 5) is 10.2. The fourth-order valence-corrected chi connectivity index (χ4v) is 2.02. The molecule has 4 nitrogen and oxygen atoms in total. The van der Waals surface area contributed by atoms with Crippen LogP contribution in [-0.4, -0.2) is 17.2 Å². The zero-order valence-corrected chi connectivity index (χ0v) is 7.89. The summed E-state index contributed by atoms with van der Waals surface area (Å²) < 4.78 is 0. The van der Waals surface area contributed by atoms with Gasteiger partial charge in [-0.3, -0.25) is 10.1 Å². The van der Waals surface area contributed by atoms with E-state index in [4.69, 9.17) is 6.42 Å². The lowest BCUT2D eigenvalue weighted by Crippen LogP contribution is -2.22. The van der Waals surface area contributed by atoms with E-state index in [0.717, 1.165) is 18.7 Å². The lowest BCUT2D eigenvalue weighted by atomic mass is 10.3. The third kappa shape index (κ3) is 2.67. The van der Waals surface area contributed by atoms with Gasteiger partial charge in [0.05, 0.1) is 4.92 Å². The average Bonchev–Trinajstić information content (AvgIpc) is 2.15. The second kappa shape index (κ2) is 4.77. The molecule has 1 rings (SSSR count). The standard InChI is InChI=1S/C8H10N2O2S/c1-2-4-7(10(11)12)8-9-5-3-6-13-8/h1,9H,3-6H2. The minimum absolute atomic E-state index is 0.0856. The molecule has 1 N–H and O–H groups in total. The van der Waals surface area contributed by atoms with Gasteiger partial charge in [-0.1, -0.05) is 5.92 Å². The van der Waals surface area contributed by atoms with Crippen molar-refractivity contribution in [3.63, 3.8) is 0 Å². The van der Waals surface area contributed by atoms with Crippen molar-refractivity contribution in [2.75, 3.05) is 12.3 Å². The van der Waals surface area contributed by atoms with Gasteiger partial charge >= 0.3 is 0 Å². The number of nitrogens with zero attached hydrogens (tertiary/aromatic N) is 1. The Labute approximate surface area is 80.9 Å². The Balaban J connectivity index is 2.81. The Hall–Kier alpha value is -1.15. The molecular formula is C8H10N2O2S. The van der Waals surface area contributed by atoms with Crippen LogP contribution in [-0.2, 0) is 0 Å². The maximum absolute atomic E-state index is 10.6. The third-order valence-corrected chi connectivity index (χ3v) is 2.77. The normalized spacial score (nSPS) is 19.9. The molecular weight excluding hydrogens is 188 g/mol. The SMILES string of the molecule is C#CCC(=C1NCCCS1)[N+](=O)[O-]. The van der Waals surface area contributed by atoms with Crippen molar-refractivity contribution in [3.8, 4) is 12.3 Å². The Morgan fingerprint density at radius 2 is 2.62 bits per heavy atom. The van der Waals surface area contributed by atoms with Gasteiger partial charge in [-0.15, -0.1) is 18.2 Å². The molecule has 1 heterocycles. The number of rotatable bonds is 2. The lowest BCUT2D eigenvalue weighted by Gasteiger charge is -2.15. The van der Waals surface area contributed by atoms with Crippen LogP contribution in [0, 0.1) is 22.5 Å². The molecule has 5 heteroatoms. The molecule has 1 aliphatic heterocycles. The Morgan fingerprint density at radius 3 is 3.08 bits per heavy atom. The maximum Gasteiger partial charge on any atom is 0.287 e. The van der Waals surface area contributed by atoms with Crippen LogP contribution in [0.2, 0.25) is 0 Å². The predicted molar refractivity (Wildman–Crippen MR) is 52.5 cm³/mol. The van der Waals surface area contributed by atoms with Gasteiger partial charge in [-0.2, -0.15) is 0 Å². The van der Waals surface area contributed by atoms with E-state index in [9.17, 15) is 10.1 Å². The molecule has 0 aromatic carbocycles. The lowest BCUT2D eigenvalue weighted by molar-refractivity contribution is -0.427. The molecule has 0 aromatic rings. The van der Waals surface area contributed by atoms with Crippen molar-refractivity contribution < 1.29 is 4.92 Å². The number of allylic oxidation sites excluding steroid dienone is 1. The summed E-state index contributed by atoms with van der Waals surface area (Å²) in [6, 6.07) is 0. The topological polar surface area (TPSA) is 55.2 Å². The summed E-state index contributed by atoms with van der Waals surface area (Å²) >= 11 is 1.47. The van der Waals surface area contributed by atoms with E-state index >= 15 is 0 Å². The highest BCUT2D eigenvalue weighted by Gasteiger charge is 2.19. The van der Waals surface area contributed by atoms with Crippen molar-refractivity contribution in [1.29, 1.82) is 0 Å². The molecule has 0 radical (unpaired) electrons. The van der Waals surface area contributed by atoms with Crippen LogP contribution in [0.15, 0.2) is 10.7 Å². The van der Waals surface area contributed by atoms with Crippen molar-refractivity contribution in [2.24, 2.45) is 0 Å². The number of hydrogen-bond donors (Lipinski definition) is 1. The smallest absolute Gasteiger partial charge is 0.287 e. The molecule has 0 aromatic heterocycles. The fraction of sp³-hybridized carbons (Fsp3) is 0.500. The molecule has 0 saturated carbocycles. The van der Waals surface area contributed by atoms with Crippen LogP contribution in [0.3, 0.4) is 0 Å². The second-order valence-electron chi connectivity index (χ2n) is 2.54. The molecule has 0 amide bonds. The van der Waals surface area contributed by atoms with E-state index in [0.29, 0.717) is 5.03 Å². The molecule has 0 bridgehead atoms. The number of thioether (sulfide) groups is 1. The molecule has 0 spiro atoms. The monoisotopic (exact) mass is 198 g/mol. The van der Waals surface area contributed by atoms with Crippen molar-refractivity contribution in [1.82, 2.24) is 5.32 Å². The molecule has 1 saturated heterocycles. The van der Waals surface area contributed by atoms with Gasteiger partial charge < -0.3 is 5.32 Å². The zero-order valence-electron chi connectivity index (χ0n) is 7.08. The summed E-state index contributed by atoms with van der Waals surface area (Å²) in [5.74, 6) is 3.21. The number of terminal acetylenes is 1. The average molecular weight is 198 g/mol. The highest BCUT2D eigenvalue weighted by molar-refractivity contribution is 8.03. The first-order valence-electron chi connectivity index (χ1n) is 3.93. The van der Waals surface area contributed by atoms with E-state index in [1.165, 1.54) is 11.8 Å². The van der Waals surface area contributed by atoms with Gasteiger partial charge in [0.25, 0.3) is 5.70 Å². The van der Waals surface area contributed by atoms with Crippen LogP contribution < -0.4 is 5.32 Å². The summed E-state index contributed by atoms with van der Waals surface area (Å²) in [6.45, 7) is 0.796. The van der Waals surface area contributed by atoms with E-state index in [1.54, 1.807) is 0 Å². The largest absolute Gasteiger partial charge is 0.374 e. The molecule has 0 atom stereocenters. The Kier molecular flexibility index (Phi) is 3.65. The minimum Gasteiger partial charge on any atom is -0.374 e. The van der Waals surface area contributed by atoms with Crippen LogP contribution in [0.25, 0.3) is 0 Å². The summed E-state index contributed by atoms with van der Waals surface area (Å²) in [5, 5.41) is 14.2. The molecule has 1 fully saturated rings. The number of hydrogen-bond acceptors (Lipinski definition) is 4. The number of nitro groups is 1. The fourth-order valence-electron chi connectivity index (χ4n) is 1.01. The first-order chi connectivity index (χ1) is 6.25. The van der Waals surface area contributed by atoms with E-state index in [-0.39, 0.29) is 12.1 Å². The summed E-state index contributed by atoms with van der Waals surface area (Å²) in [6.07, 6.45) is 6.17. The number of nitrogens with one attached hydrogen (secondary N) is 1. The first kappa shape index (κ1) is 9.93. The summed E-state index contributed by atoms with van der Waals surface area (Å²) in [5.41, 5.74) is 0.118. The predicted octanol–water partition coefficient (Wildman–Crippen LogP) is 1.18. The quantitative estimate of drug-likeness (QED) is 0.411. The van der Waals surface area contributed by atoms with Crippen LogP contribution in [0.1, 0.15) is 12.8 Å². The van der Waals surface area contributed by atoms with Crippen LogP contribution in [0.5, 0.6) is 0 Å². The Morgan fingerprint density at radius 1 is 1.85 bits per heavy atom. The molecule has 1 aliphatic rings. The third-order valence-electron chi connectivity index (χ3n) is 1.61. The second-order valence-corrected chi connectivity index (χ2v) is 3.65. The highest BCUT2D eigenvalue weighted by Crippen LogP contribution is 2.23. The van der Waals surface area contributed by atoms with Crippen LogP contribution >= 0.6 is 11.8 Å². The van der Waals surface area contributed by atoms with Gasteiger partial charge in [-0.25, -0.2) is 0 Å². The van der Waals surface area contributed by atoms with Crippen LogP contribution in [0.4, 0.5) is 0 Å². The van der Waals surface area contributed by atoms with Crippen molar-refractivity contribution >= 4 is 11.8 Å². The zero-order chi connectivity index (χ0) is 9.68. The highest BCUT2D eigenvalue weighted by atomic mass is 32.2. The van der Waals surface area contributed by atoms with Crippen molar-refractivity contribution in [3.05, 3.63) is 20.8 Å². The Bertz CT molecular complexity index is 272. The van der Waals surface area contributed by atoms with E-state index in [1.807, 2.05) is 0 Å². The van der Waals surface area contributed by atoms with E-state index in [2.05, 4.69) is 11.2 Å². The molecule has 70 valence electrons. The van der Waals surface area contributed by atoms with Gasteiger partial charge in [0.2, 0.25) is 0 Å². The van der Waals surface area contributed by atoms with Crippen molar-refractivity contribution in [2.45, 2.75) is 12.8 Å². The molecule has 0 unspecified atom stereocenters. The van der Waals surface area contributed by atoms with E-state index < -0.39 is 4.92 Å². The molecule has 0 aliphatic carbocycles. The maximum atomic E-state index is 10.6. The minimum atomic E-state index is -0.402. The van der Waals surface area contributed by atoms with Gasteiger partial charge in [-0.05, 0) is 6.42 Å². The van der Waals surface area contributed by atoms with Gasteiger partial charge in [0.15, 0.2) is 0 Å². The molecule has 13 heavy (non-hydrogen) atoms. The first-order valence-corrected chi connectivity index (χ1v) is 4.92. The van der Waals surface area contributed by atoms with Gasteiger partial charge in [0.1, 0.15) is 11.4 Å². The summed E-state index contributed by atoms with van der Waals surface area (Å²) in [7, 11) is 0.